The number of carbonyl (C=O) groups is 2. The number of carbonyl (C=O) groups excluding carboxylic acids is 2. The lowest BCUT2D eigenvalue weighted by molar-refractivity contribution is -0.0943. The van der Waals surface area contributed by atoms with Crippen LogP contribution in [0.4, 0.5) is 0 Å². The topological polar surface area (TPSA) is 46.6 Å². The van der Waals surface area contributed by atoms with Crippen molar-refractivity contribution >= 4 is 43.7 Å². The Kier molecular flexibility index (Phi) is 3.41. The molecule has 6 heteroatoms. The van der Waals surface area contributed by atoms with Crippen molar-refractivity contribution in [3.05, 3.63) is 35.4 Å². The van der Waals surface area contributed by atoms with Gasteiger partial charge in [0.1, 0.15) is 0 Å². The first-order valence-corrected chi connectivity index (χ1v) is 6.53. The molecule has 4 nitrogen and oxygen atoms in total. The minimum Gasteiger partial charge on any atom is -0.266 e. The van der Waals surface area contributed by atoms with Crippen molar-refractivity contribution in [2.45, 2.75) is 5.01 Å². The maximum absolute atomic E-state index is 11.8. The minimum atomic E-state index is -0.425. The molecule has 0 saturated carbocycles. The molecule has 2 amide bonds. The molecule has 0 aliphatic carbocycles. The third kappa shape index (κ3) is 1.92. The minimum absolute atomic E-state index is 0.377. The standard InChI is InChI=1S/C10H7Br2NO3/c11-5-8(12)16-13-9(14)6-3-1-2-4-7(6)10(13)15/h1-4,8H,5H2/t8-/m0/s1. The van der Waals surface area contributed by atoms with E-state index in [0.29, 0.717) is 16.5 Å². The zero-order valence-corrected chi connectivity index (χ0v) is 11.2. The Balaban J connectivity index is 2.28. The van der Waals surface area contributed by atoms with Crippen LogP contribution in [0.15, 0.2) is 24.3 Å². The Morgan fingerprint density at radius 3 is 2.12 bits per heavy atom. The monoisotopic (exact) mass is 347 g/mol. The molecule has 0 bridgehead atoms. The van der Waals surface area contributed by atoms with E-state index in [2.05, 4.69) is 31.9 Å². The molecule has 1 aliphatic heterocycles. The van der Waals surface area contributed by atoms with Crippen LogP contribution in [0.1, 0.15) is 20.7 Å². The highest BCUT2D eigenvalue weighted by Crippen LogP contribution is 2.24. The van der Waals surface area contributed by atoms with Crippen molar-refractivity contribution in [1.82, 2.24) is 5.06 Å². The normalized spacial score (nSPS) is 16.5. The average molecular weight is 349 g/mol. The first-order chi connectivity index (χ1) is 7.65. The highest BCUT2D eigenvalue weighted by Gasteiger charge is 2.37. The van der Waals surface area contributed by atoms with Gasteiger partial charge in [-0.25, -0.2) is 4.84 Å². The van der Waals surface area contributed by atoms with Gasteiger partial charge in [-0.2, -0.15) is 0 Å². The summed E-state index contributed by atoms with van der Waals surface area (Å²) in [4.78, 5) is 28.8. The number of hydrogen-bond donors (Lipinski definition) is 0. The zero-order valence-electron chi connectivity index (χ0n) is 8.02. The molecule has 1 heterocycles. The van der Waals surface area contributed by atoms with Crippen LogP contribution < -0.4 is 0 Å². The van der Waals surface area contributed by atoms with E-state index in [1.54, 1.807) is 24.3 Å². The lowest BCUT2D eigenvalue weighted by Gasteiger charge is -2.15. The van der Waals surface area contributed by atoms with Crippen LogP contribution in [0.3, 0.4) is 0 Å². The quantitative estimate of drug-likeness (QED) is 0.622. The molecule has 1 aliphatic rings. The second kappa shape index (κ2) is 4.65. The fraction of sp³-hybridized carbons (Fsp3) is 0.200. The average Bonchev–Trinajstić information content (AvgIpc) is 2.55. The van der Waals surface area contributed by atoms with E-state index < -0.39 is 16.8 Å². The summed E-state index contributed by atoms with van der Waals surface area (Å²) in [6.07, 6.45) is 0. The fourth-order valence-corrected chi connectivity index (χ4v) is 1.69. The third-order valence-electron chi connectivity index (χ3n) is 2.10. The van der Waals surface area contributed by atoms with Crippen molar-refractivity contribution in [3.8, 4) is 0 Å². The maximum Gasteiger partial charge on any atom is 0.285 e. The van der Waals surface area contributed by atoms with Crippen molar-refractivity contribution < 1.29 is 14.4 Å². The number of hydroxylamine groups is 2. The summed E-state index contributed by atoms with van der Waals surface area (Å²) in [5.74, 6) is -0.850. The Morgan fingerprint density at radius 2 is 1.69 bits per heavy atom. The molecule has 0 radical (unpaired) electrons. The number of benzene rings is 1. The van der Waals surface area contributed by atoms with Crippen LogP contribution >= 0.6 is 31.9 Å². The van der Waals surface area contributed by atoms with E-state index in [9.17, 15) is 9.59 Å². The first kappa shape index (κ1) is 11.8. The van der Waals surface area contributed by atoms with Crippen molar-refractivity contribution in [2.24, 2.45) is 0 Å². The molecule has 2 rings (SSSR count). The third-order valence-corrected chi connectivity index (χ3v) is 4.05. The summed E-state index contributed by atoms with van der Waals surface area (Å²) < 4.78 is 0. The molecule has 0 aromatic heterocycles. The lowest BCUT2D eigenvalue weighted by atomic mass is 10.1. The Labute approximate surface area is 109 Å². The predicted molar refractivity (Wildman–Crippen MR) is 64.5 cm³/mol. The van der Waals surface area contributed by atoms with Crippen LogP contribution in [0, 0.1) is 0 Å². The lowest BCUT2D eigenvalue weighted by Crippen LogP contribution is -2.33. The highest BCUT2D eigenvalue weighted by molar-refractivity contribution is 9.12. The van der Waals surface area contributed by atoms with Crippen molar-refractivity contribution in [1.29, 1.82) is 0 Å². The van der Waals surface area contributed by atoms with Crippen LogP contribution in [0.5, 0.6) is 0 Å². The summed E-state index contributed by atoms with van der Waals surface area (Å²) in [6, 6.07) is 6.64. The van der Waals surface area contributed by atoms with Gasteiger partial charge in [0.25, 0.3) is 11.8 Å². The largest absolute Gasteiger partial charge is 0.285 e. The summed E-state index contributed by atoms with van der Waals surface area (Å²) in [5, 5.41) is 0.834. The Hall–Kier alpha value is -0.720. The van der Waals surface area contributed by atoms with Crippen LogP contribution in [-0.4, -0.2) is 27.2 Å². The molecule has 1 aromatic rings. The SMILES string of the molecule is O=C1c2ccccc2C(=O)N1O[C@H](Br)CBr. The van der Waals surface area contributed by atoms with Gasteiger partial charge in [0.05, 0.1) is 11.1 Å². The van der Waals surface area contributed by atoms with Crippen LogP contribution in [0.2, 0.25) is 0 Å². The second-order valence-corrected chi connectivity index (χ2v) is 4.79. The number of fused-ring (bicyclic) bond motifs is 1. The van der Waals surface area contributed by atoms with Crippen molar-refractivity contribution in [3.63, 3.8) is 0 Å². The van der Waals surface area contributed by atoms with Gasteiger partial charge in [-0.05, 0) is 12.1 Å². The number of rotatable bonds is 3. The fourth-order valence-electron chi connectivity index (χ4n) is 1.41. The molecule has 1 atom stereocenters. The smallest absolute Gasteiger partial charge is 0.266 e. The molecule has 1 aromatic carbocycles. The van der Waals surface area contributed by atoms with Gasteiger partial charge in [0.2, 0.25) is 0 Å². The van der Waals surface area contributed by atoms with E-state index in [0.717, 1.165) is 5.06 Å². The van der Waals surface area contributed by atoms with E-state index in [-0.39, 0.29) is 0 Å². The molecule has 0 unspecified atom stereocenters. The highest BCUT2D eigenvalue weighted by atomic mass is 79.9. The second-order valence-electron chi connectivity index (χ2n) is 3.12. The molecule has 16 heavy (non-hydrogen) atoms. The molecular weight excluding hydrogens is 342 g/mol. The summed E-state index contributed by atoms with van der Waals surface area (Å²) in [7, 11) is 0. The van der Waals surface area contributed by atoms with Gasteiger partial charge in [-0.1, -0.05) is 44.0 Å². The first-order valence-electron chi connectivity index (χ1n) is 4.49. The number of amides is 2. The Bertz CT molecular complexity index is 414. The molecule has 84 valence electrons. The van der Waals surface area contributed by atoms with Crippen LogP contribution in [0.25, 0.3) is 0 Å². The van der Waals surface area contributed by atoms with Crippen molar-refractivity contribution in [2.75, 3.05) is 5.33 Å². The number of halogens is 2. The van der Waals surface area contributed by atoms with Gasteiger partial charge in [-0.3, -0.25) is 9.59 Å². The maximum atomic E-state index is 11.8. The number of alkyl halides is 2. The van der Waals surface area contributed by atoms with E-state index in [1.807, 2.05) is 0 Å². The number of imide groups is 1. The van der Waals surface area contributed by atoms with E-state index in [4.69, 9.17) is 4.84 Å². The molecular formula is C10H7Br2NO3. The van der Waals surface area contributed by atoms with Gasteiger partial charge in [0.15, 0.2) is 5.01 Å². The predicted octanol–water partition coefficient (Wildman–Crippen LogP) is 2.33. The van der Waals surface area contributed by atoms with Gasteiger partial charge < -0.3 is 0 Å². The number of nitrogens with zero attached hydrogens (tertiary/aromatic N) is 1. The van der Waals surface area contributed by atoms with E-state index in [1.165, 1.54) is 0 Å². The number of hydrogen-bond acceptors (Lipinski definition) is 3. The Morgan fingerprint density at radius 1 is 1.19 bits per heavy atom. The molecule has 0 N–H and O–H groups in total. The summed E-state index contributed by atoms with van der Waals surface area (Å²) in [6.45, 7) is 0. The summed E-state index contributed by atoms with van der Waals surface area (Å²) in [5.41, 5.74) is 0.753. The van der Waals surface area contributed by atoms with Crippen LogP contribution in [-0.2, 0) is 4.84 Å². The summed E-state index contributed by atoms with van der Waals surface area (Å²) >= 11 is 6.35. The van der Waals surface area contributed by atoms with Gasteiger partial charge in [0, 0.05) is 5.33 Å². The molecule has 0 fully saturated rings. The van der Waals surface area contributed by atoms with Gasteiger partial charge >= 0.3 is 0 Å². The van der Waals surface area contributed by atoms with Gasteiger partial charge in [-0.15, -0.1) is 5.06 Å². The zero-order chi connectivity index (χ0) is 11.7. The molecule has 0 spiro atoms. The molecule has 0 saturated heterocycles. The van der Waals surface area contributed by atoms with E-state index >= 15 is 0 Å².